The smallest absolute Gasteiger partial charge is 0.277 e. The van der Waals surface area contributed by atoms with E-state index in [1.807, 2.05) is 0 Å². The van der Waals surface area contributed by atoms with Gasteiger partial charge in [-0.15, -0.1) is 0 Å². The maximum absolute atomic E-state index is 11.0. The van der Waals surface area contributed by atoms with Crippen molar-refractivity contribution in [2.24, 2.45) is 0 Å². The Labute approximate surface area is 98.8 Å². The summed E-state index contributed by atoms with van der Waals surface area (Å²) in [5.41, 5.74) is 0.995. The first-order chi connectivity index (χ1) is 8.11. The van der Waals surface area contributed by atoms with Crippen LogP contribution in [-0.4, -0.2) is 29.7 Å². The third-order valence-corrected chi connectivity index (χ3v) is 2.98. The van der Waals surface area contributed by atoms with E-state index in [1.54, 1.807) is 13.0 Å². The molecular weight excluding hydrogens is 222 g/mol. The number of aryl methyl sites for hydroxylation is 1. The van der Waals surface area contributed by atoms with Crippen LogP contribution >= 0.6 is 0 Å². The van der Waals surface area contributed by atoms with Crippen LogP contribution in [0.5, 0.6) is 5.75 Å². The Balaban J connectivity index is 2.48. The SMILES string of the molecule is Cc1ccc([N+](=O)[O-])c([C@H]2CNCCN2)c1O. The lowest BCUT2D eigenvalue weighted by atomic mass is 9.99. The van der Waals surface area contributed by atoms with Gasteiger partial charge in [-0.1, -0.05) is 0 Å². The largest absolute Gasteiger partial charge is 0.507 e. The van der Waals surface area contributed by atoms with E-state index in [2.05, 4.69) is 10.6 Å². The summed E-state index contributed by atoms with van der Waals surface area (Å²) in [7, 11) is 0. The van der Waals surface area contributed by atoms with Crippen LogP contribution in [0.3, 0.4) is 0 Å². The molecule has 0 amide bonds. The van der Waals surface area contributed by atoms with Crippen molar-refractivity contribution in [3.05, 3.63) is 33.4 Å². The summed E-state index contributed by atoms with van der Waals surface area (Å²) in [5, 5.41) is 27.3. The van der Waals surface area contributed by atoms with E-state index in [-0.39, 0.29) is 17.5 Å². The Bertz CT molecular complexity index is 442. The van der Waals surface area contributed by atoms with E-state index in [0.29, 0.717) is 17.7 Å². The van der Waals surface area contributed by atoms with Crippen LogP contribution in [0.25, 0.3) is 0 Å². The summed E-state index contributed by atoms with van der Waals surface area (Å²) in [4.78, 5) is 10.5. The van der Waals surface area contributed by atoms with Crippen molar-refractivity contribution in [1.82, 2.24) is 10.6 Å². The molecule has 2 rings (SSSR count). The number of phenols is 1. The summed E-state index contributed by atoms with van der Waals surface area (Å²) in [6, 6.07) is 2.79. The molecule has 0 unspecified atom stereocenters. The van der Waals surface area contributed by atoms with Crippen molar-refractivity contribution in [2.75, 3.05) is 19.6 Å². The number of piperazine rings is 1. The number of nitro groups is 1. The maximum atomic E-state index is 11.0. The van der Waals surface area contributed by atoms with E-state index in [1.165, 1.54) is 6.07 Å². The van der Waals surface area contributed by atoms with Gasteiger partial charge in [0, 0.05) is 25.7 Å². The molecule has 0 aromatic heterocycles. The van der Waals surface area contributed by atoms with Crippen molar-refractivity contribution >= 4 is 5.69 Å². The molecule has 1 heterocycles. The van der Waals surface area contributed by atoms with Crippen molar-refractivity contribution < 1.29 is 10.0 Å². The molecule has 1 fully saturated rings. The highest BCUT2D eigenvalue weighted by Crippen LogP contribution is 2.35. The van der Waals surface area contributed by atoms with Gasteiger partial charge in [-0.05, 0) is 18.6 Å². The Hall–Kier alpha value is -1.66. The van der Waals surface area contributed by atoms with Gasteiger partial charge in [-0.2, -0.15) is 0 Å². The minimum atomic E-state index is -0.454. The van der Waals surface area contributed by atoms with Gasteiger partial charge in [-0.3, -0.25) is 10.1 Å². The molecule has 0 spiro atoms. The highest BCUT2D eigenvalue weighted by Gasteiger charge is 2.27. The summed E-state index contributed by atoms with van der Waals surface area (Å²) in [5.74, 6) is 0.0143. The van der Waals surface area contributed by atoms with Crippen LogP contribution in [-0.2, 0) is 0 Å². The summed E-state index contributed by atoms with van der Waals surface area (Å²) in [6.07, 6.45) is 0. The van der Waals surface area contributed by atoms with Gasteiger partial charge in [-0.25, -0.2) is 0 Å². The zero-order chi connectivity index (χ0) is 12.4. The average molecular weight is 237 g/mol. The minimum absolute atomic E-state index is 0.0143. The van der Waals surface area contributed by atoms with Crippen LogP contribution in [0.15, 0.2) is 12.1 Å². The normalized spacial score (nSPS) is 20.2. The van der Waals surface area contributed by atoms with E-state index < -0.39 is 4.92 Å². The predicted octanol–water partition coefficient (Wildman–Crippen LogP) is 0.843. The van der Waals surface area contributed by atoms with Gasteiger partial charge in [0.2, 0.25) is 0 Å². The first kappa shape index (κ1) is 11.8. The third kappa shape index (κ3) is 2.22. The molecule has 1 aliphatic heterocycles. The molecule has 6 nitrogen and oxygen atoms in total. The third-order valence-electron chi connectivity index (χ3n) is 2.98. The molecule has 17 heavy (non-hydrogen) atoms. The van der Waals surface area contributed by atoms with E-state index >= 15 is 0 Å². The van der Waals surface area contributed by atoms with Crippen LogP contribution < -0.4 is 10.6 Å². The number of aromatic hydroxyl groups is 1. The topological polar surface area (TPSA) is 87.4 Å². The number of nitrogens with zero attached hydrogens (tertiary/aromatic N) is 1. The van der Waals surface area contributed by atoms with Crippen LogP contribution in [0.1, 0.15) is 17.2 Å². The Morgan fingerprint density at radius 2 is 2.24 bits per heavy atom. The van der Waals surface area contributed by atoms with Gasteiger partial charge >= 0.3 is 0 Å². The standard InChI is InChI=1S/C11H15N3O3/c1-7-2-3-9(14(16)17)10(11(7)15)8-6-12-4-5-13-8/h2-3,8,12-13,15H,4-6H2,1H3/t8-/m1/s1. The van der Waals surface area contributed by atoms with Gasteiger partial charge in [0.1, 0.15) is 5.75 Å². The van der Waals surface area contributed by atoms with Crippen molar-refractivity contribution in [3.63, 3.8) is 0 Å². The van der Waals surface area contributed by atoms with Gasteiger partial charge in [0.05, 0.1) is 16.5 Å². The Kier molecular flexibility index (Phi) is 3.26. The molecule has 0 aliphatic carbocycles. The lowest BCUT2D eigenvalue weighted by Crippen LogP contribution is -2.42. The summed E-state index contributed by atoms with van der Waals surface area (Å²) >= 11 is 0. The van der Waals surface area contributed by atoms with Crippen molar-refractivity contribution in [2.45, 2.75) is 13.0 Å². The zero-order valence-corrected chi connectivity index (χ0v) is 9.56. The minimum Gasteiger partial charge on any atom is -0.507 e. The predicted molar refractivity (Wildman–Crippen MR) is 63.1 cm³/mol. The number of nitrogens with one attached hydrogen (secondary N) is 2. The fraction of sp³-hybridized carbons (Fsp3) is 0.455. The number of nitro benzene ring substituents is 1. The highest BCUT2D eigenvalue weighted by atomic mass is 16.6. The van der Waals surface area contributed by atoms with E-state index in [9.17, 15) is 15.2 Å². The average Bonchev–Trinajstić information content (AvgIpc) is 2.33. The molecule has 0 bridgehead atoms. The van der Waals surface area contributed by atoms with Crippen LogP contribution in [0.2, 0.25) is 0 Å². The highest BCUT2D eigenvalue weighted by molar-refractivity contribution is 5.54. The summed E-state index contributed by atoms with van der Waals surface area (Å²) < 4.78 is 0. The molecule has 1 aliphatic rings. The molecule has 1 aromatic carbocycles. The molecule has 3 N–H and O–H groups in total. The zero-order valence-electron chi connectivity index (χ0n) is 9.56. The van der Waals surface area contributed by atoms with Gasteiger partial charge < -0.3 is 15.7 Å². The lowest BCUT2D eigenvalue weighted by Gasteiger charge is -2.25. The summed E-state index contributed by atoms with van der Waals surface area (Å²) in [6.45, 7) is 3.88. The number of rotatable bonds is 2. The molecular formula is C11H15N3O3. The first-order valence-electron chi connectivity index (χ1n) is 5.52. The van der Waals surface area contributed by atoms with E-state index in [4.69, 9.17) is 0 Å². The van der Waals surface area contributed by atoms with Crippen LogP contribution in [0.4, 0.5) is 5.69 Å². The molecule has 1 saturated heterocycles. The lowest BCUT2D eigenvalue weighted by molar-refractivity contribution is -0.385. The second kappa shape index (κ2) is 4.68. The Morgan fingerprint density at radius 3 is 2.82 bits per heavy atom. The quantitative estimate of drug-likeness (QED) is 0.524. The maximum Gasteiger partial charge on any atom is 0.277 e. The second-order valence-electron chi connectivity index (χ2n) is 4.13. The number of hydrogen-bond acceptors (Lipinski definition) is 5. The first-order valence-corrected chi connectivity index (χ1v) is 5.52. The second-order valence-corrected chi connectivity index (χ2v) is 4.13. The Morgan fingerprint density at radius 1 is 1.47 bits per heavy atom. The molecule has 1 atom stereocenters. The number of phenolic OH excluding ortho intramolecular Hbond substituents is 1. The number of hydrogen-bond donors (Lipinski definition) is 3. The molecule has 6 heteroatoms. The number of benzene rings is 1. The van der Waals surface area contributed by atoms with Crippen molar-refractivity contribution in [1.29, 1.82) is 0 Å². The van der Waals surface area contributed by atoms with Gasteiger partial charge in [0.25, 0.3) is 5.69 Å². The monoisotopic (exact) mass is 237 g/mol. The van der Waals surface area contributed by atoms with Gasteiger partial charge in [0.15, 0.2) is 0 Å². The van der Waals surface area contributed by atoms with Crippen molar-refractivity contribution in [3.8, 4) is 5.75 Å². The fourth-order valence-electron chi connectivity index (χ4n) is 2.07. The molecule has 1 aromatic rings. The molecule has 0 saturated carbocycles. The van der Waals surface area contributed by atoms with Crippen LogP contribution in [0, 0.1) is 17.0 Å². The fourth-order valence-corrected chi connectivity index (χ4v) is 2.07. The molecule has 92 valence electrons. The van der Waals surface area contributed by atoms with E-state index in [0.717, 1.165) is 13.1 Å². The molecule has 0 radical (unpaired) electrons.